The molecule has 0 saturated carbocycles. The van der Waals surface area contributed by atoms with E-state index >= 15 is 0 Å². The van der Waals surface area contributed by atoms with Gasteiger partial charge in [-0.05, 0) is 85.1 Å². The van der Waals surface area contributed by atoms with Crippen LogP contribution >= 0.6 is 34.8 Å². The van der Waals surface area contributed by atoms with E-state index in [1.165, 1.54) is 0 Å². The van der Waals surface area contributed by atoms with Crippen LogP contribution in [0.5, 0.6) is 5.75 Å². The van der Waals surface area contributed by atoms with Gasteiger partial charge in [0.1, 0.15) is 5.75 Å². The van der Waals surface area contributed by atoms with E-state index in [9.17, 15) is 9.59 Å². The van der Waals surface area contributed by atoms with Gasteiger partial charge in [0.25, 0.3) is 11.5 Å². The van der Waals surface area contributed by atoms with Crippen LogP contribution in [0.1, 0.15) is 24.2 Å². The van der Waals surface area contributed by atoms with Crippen molar-refractivity contribution >= 4 is 51.6 Å². The lowest BCUT2D eigenvalue weighted by Crippen LogP contribution is -2.29. The van der Waals surface area contributed by atoms with Crippen molar-refractivity contribution in [3.63, 3.8) is 0 Å². The van der Waals surface area contributed by atoms with Crippen molar-refractivity contribution in [2.45, 2.75) is 20.0 Å². The summed E-state index contributed by atoms with van der Waals surface area (Å²) >= 11 is 7.35. The molecule has 0 aliphatic carbocycles. The van der Waals surface area contributed by atoms with Crippen molar-refractivity contribution in [2.75, 3.05) is 0 Å². The zero-order valence-corrected chi connectivity index (χ0v) is 16.6. The molecule has 128 valence electrons. The molecule has 0 unspecified atom stereocenters. The molecule has 0 radical (unpaired) electrons. The molecule has 7 heteroatoms. The third kappa shape index (κ3) is 3.67. The van der Waals surface area contributed by atoms with Crippen LogP contribution in [0.15, 0.2) is 47.3 Å². The molecule has 5 nitrogen and oxygen atoms in total. The number of carbonyl (C=O) groups excluding carboxylic acids is 1. The van der Waals surface area contributed by atoms with Gasteiger partial charge in [0, 0.05) is 9.13 Å². The number of H-pyrrole nitrogens is 1. The van der Waals surface area contributed by atoms with Gasteiger partial charge in [-0.15, -0.1) is 0 Å². The van der Waals surface area contributed by atoms with E-state index in [1.54, 1.807) is 36.4 Å². The predicted molar refractivity (Wildman–Crippen MR) is 108 cm³/mol. The fraction of sp³-hybridized carbons (Fsp3) is 0.167. The summed E-state index contributed by atoms with van der Waals surface area (Å²) in [6, 6.07) is 12.1. The summed E-state index contributed by atoms with van der Waals surface area (Å²) in [5, 5.41) is 0.420. The number of benzene rings is 2. The van der Waals surface area contributed by atoms with Crippen molar-refractivity contribution in [1.82, 2.24) is 9.55 Å². The van der Waals surface area contributed by atoms with E-state index in [0.29, 0.717) is 22.2 Å². The molecule has 0 aliphatic rings. The number of carbonyl (C=O) groups is 1. The maximum Gasteiger partial charge on any atom is 0.269 e. The van der Waals surface area contributed by atoms with E-state index in [0.717, 1.165) is 8.14 Å². The summed E-state index contributed by atoms with van der Waals surface area (Å²) in [6.07, 6.45) is -0.0151. The van der Waals surface area contributed by atoms with Crippen molar-refractivity contribution < 1.29 is 9.53 Å². The van der Waals surface area contributed by atoms with Crippen molar-refractivity contribution in [3.05, 3.63) is 66.7 Å². The van der Waals surface area contributed by atoms with Gasteiger partial charge in [-0.1, -0.05) is 6.07 Å². The van der Waals surface area contributed by atoms with Gasteiger partial charge in [0.05, 0.1) is 17.0 Å². The molecule has 3 rings (SSSR count). The van der Waals surface area contributed by atoms with Gasteiger partial charge in [-0.3, -0.25) is 9.59 Å². The summed E-state index contributed by atoms with van der Waals surface area (Å²) < 4.78 is 7.57. The van der Waals surface area contributed by atoms with Gasteiger partial charge >= 0.3 is 0 Å². The van der Waals surface area contributed by atoms with Crippen LogP contribution < -0.4 is 10.3 Å². The highest BCUT2D eigenvalue weighted by Crippen LogP contribution is 2.17. The monoisotopic (exact) mass is 466 g/mol. The van der Waals surface area contributed by atoms with Crippen LogP contribution in [0, 0.1) is 8.34 Å². The second-order valence-corrected chi connectivity index (χ2v) is 7.39. The summed E-state index contributed by atoms with van der Waals surface area (Å²) in [7, 11) is 0. The van der Waals surface area contributed by atoms with Crippen molar-refractivity contribution in [1.29, 1.82) is 0 Å². The first-order valence-corrected chi connectivity index (χ1v) is 9.11. The smallest absolute Gasteiger partial charge is 0.269 e. The highest BCUT2D eigenvalue weighted by molar-refractivity contribution is 14.1. The molecule has 2 aromatic carbocycles. The summed E-state index contributed by atoms with van der Waals surface area (Å²) in [5.41, 5.74) is 0.513. The molecular formula is C18H15IN2O3S. The van der Waals surface area contributed by atoms with E-state index < -0.39 is 11.5 Å². The number of halogens is 1. The molecule has 1 aromatic heterocycles. The predicted octanol–water partition coefficient (Wildman–Crippen LogP) is 4.14. The molecule has 0 bridgehead atoms. The maximum atomic E-state index is 12.9. The highest BCUT2D eigenvalue weighted by atomic mass is 127. The fourth-order valence-corrected chi connectivity index (χ4v) is 3.24. The average Bonchev–Trinajstić information content (AvgIpc) is 2.55. The molecule has 0 spiro atoms. The van der Waals surface area contributed by atoms with Gasteiger partial charge in [0.15, 0.2) is 4.77 Å². The lowest BCUT2D eigenvalue weighted by molar-refractivity contribution is 0.0953. The van der Waals surface area contributed by atoms with Gasteiger partial charge < -0.3 is 9.72 Å². The minimum absolute atomic E-state index is 0.0151. The number of hydrogen-bond acceptors (Lipinski definition) is 4. The first-order chi connectivity index (χ1) is 11.9. The van der Waals surface area contributed by atoms with E-state index in [-0.39, 0.29) is 10.9 Å². The van der Waals surface area contributed by atoms with Crippen LogP contribution in [-0.4, -0.2) is 21.6 Å². The third-order valence-electron chi connectivity index (χ3n) is 3.52. The Morgan fingerprint density at radius 3 is 2.72 bits per heavy atom. The summed E-state index contributed by atoms with van der Waals surface area (Å²) in [5.74, 6) is 0.0837. The second-order valence-electron chi connectivity index (χ2n) is 5.76. The average molecular weight is 466 g/mol. The van der Waals surface area contributed by atoms with Gasteiger partial charge in [-0.2, -0.15) is 0 Å². The molecule has 25 heavy (non-hydrogen) atoms. The second kappa shape index (κ2) is 7.09. The van der Waals surface area contributed by atoms with Crippen LogP contribution in [0.2, 0.25) is 0 Å². The van der Waals surface area contributed by atoms with Crippen LogP contribution in [0.25, 0.3) is 10.9 Å². The molecule has 0 aliphatic heterocycles. The molecule has 0 atom stereocenters. The molecule has 1 N–H and O–H groups in total. The van der Waals surface area contributed by atoms with Crippen molar-refractivity contribution in [3.8, 4) is 5.75 Å². The SMILES string of the molecule is CC(C)Oc1cccc(C(=O)n2c(=S)[nH]c3ccc(I)cc3c2=O)c1. The number of fused-ring (bicyclic) bond motifs is 1. The third-order valence-corrected chi connectivity index (χ3v) is 4.47. The first kappa shape index (κ1) is 17.8. The highest BCUT2D eigenvalue weighted by Gasteiger charge is 2.16. The zero-order valence-electron chi connectivity index (χ0n) is 13.6. The quantitative estimate of drug-likeness (QED) is 0.466. The van der Waals surface area contributed by atoms with E-state index in [4.69, 9.17) is 17.0 Å². The first-order valence-electron chi connectivity index (χ1n) is 7.63. The number of ether oxygens (including phenoxy) is 1. The summed E-state index contributed by atoms with van der Waals surface area (Å²) in [4.78, 5) is 28.6. The Hall–Kier alpha value is -2.00. The molecule has 0 saturated heterocycles. The normalized spacial score (nSPS) is 11.0. The minimum Gasteiger partial charge on any atom is -0.491 e. The number of nitrogens with zero attached hydrogens (tertiary/aromatic N) is 1. The van der Waals surface area contributed by atoms with E-state index in [1.807, 2.05) is 19.9 Å². The van der Waals surface area contributed by atoms with Crippen molar-refractivity contribution in [2.24, 2.45) is 0 Å². The van der Waals surface area contributed by atoms with E-state index in [2.05, 4.69) is 27.6 Å². The zero-order chi connectivity index (χ0) is 18.1. The lowest BCUT2D eigenvalue weighted by atomic mass is 10.2. The number of rotatable bonds is 3. The molecular weight excluding hydrogens is 451 g/mol. The Morgan fingerprint density at radius 2 is 2.00 bits per heavy atom. The number of nitrogens with one attached hydrogen (secondary N) is 1. The Balaban J connectivity index is 2.15. The summed E-state index contributed by atoms with van der Waals surface area (Å²) in [6.45, 7) is 3.81. The Labute approximate surface area is 162 Å². The fourth-order valence-electron chi connectivity index (χ4n) is 2.47. The molecule has 0 fully saturated rings. The standard InChI is InChI=1S/C18H15IN2O3S/c1-10(2)24-13-5-3-4-11(8-13)16(22)21-17(23)14-9-12(19)6-7-15(14)20-18(21)25/h3-10H,1-2H3,(H,20,25). The Bertz CT molecular complexity index is 1090. The van der Waals surface area contributed by atoms with Gasteiger partial charge in [0.2, 0.25) is 0 Å². The Morgan fingerprint density at radius 1 is 1.24 bits per heavy atom. The Kier molecular flexibility index (Phi) is 5.05. The maximum absolute atomic E-state index is 12.9. The molecule has 1 heterocycles. The molecule has 0 amide bonds. The topological polar surface area (TPSA) is 64.1 Å². The lowest BCUT2D eigenvalue weighted by Gasteiger charge is -2.11. The van der Waals surface area contributed by atoms with Gasteiger partial charge in [-0.25, -0.2) is 4.57 Å². The number of aromatic nitrogens is 2. The largest absolute Gasteiger partial charge is 0.491 e. The number of aromatic amines is 1. The molecule has 3 aromatic rings. The number of hydrogen-bond donors (Lipinski definition) is 1. The van der Waals surface area contributed by atoms with Crippen LogP contribution in [0.3, 0.4) is 0 Å². The minimum atomic E-state index is -0.485. The van der Waals surface area contributed by atoms with Crippen LogP contribution in [0.4, 0.5) is 0 Å². The van der Waals surface area contributed by atoms with Crippen LogP contribution in [-0.2, 0) is 0 Å².